The average molecular weight is 290 g/mol. The summed E-state index contributed by atoms with van der Waals surface area (Å²) in [5.41, 5.74) is 0.167. The summed E-state index contributed by atoms with van der Waals surface area (Å²) >= 11 is 11.7. The van der Waals surface area contributed by atoms with Crippen LogP contribution >= 0.6 is 23.2 Å². The molecule has 1 aromatic rings. The van der Waals surface area contributed by atoms with Crippen molar-refractivity contribution in [2.45, 2.75) is 31.2 Å². The van der Waals surface area contributed by atoms with Crippen molar-refractivity contribution >= 4 is 29.0 Å². The van der Waals surface area contributed by atoms with Gasteiger partial charge in [0.25, 0.3) is 0 Å². The van der Waals surface area contributed by atoms with Crippen LogP contribution in [0.5, 0.6) is 0 Å². The standard InChI is InChI=1S/C11H17Cl2N5/c1-18(2)11(5-3-4-6-11)7-14-9-8(12)16-17-10(13)15-9/h3-7H2,1-2H3,(H,14,15,17). The summed E-state index contributed by atoms with van der Waals surface area (Å²) in [6, 6.07) is 0. The molecular formula is C11H17Cl2N5. The number of nitrogens with zero attached hydrogens (tertiary/aromatic N) is 4. The zero-order valence-corrected chi connectivity index (χ0v) is 12.1. The summed E-state index contributed by atoms with van der Waals surface area (Å²) in [6.07, 6.45) is 4.88. The van der Waals surface area contributed by atoms with Gasteiger partial charge in [-0.2, -0.15) is 4.98 Å². The molecular weight excluding hydrogens is 273 g/mol. The average Bonchev–Trinajstić information content (AvgIpc) is 2.80. The van der Waals surface area contributed by atoms with Crippen LogP contribution in [-0.4, -0.2) is 46.3 Å². The van der Waals surface area contributed by atoms with E-state index in [0.29, 0.717) is 5.82 Å². The van der Waals surface area contributed by atoms with Gasteiger partial charge in [-0.25, -0.2) is 0 Å². The SMILES string of the molecule is CN(C)C1(CNc2nc(Cl)nnc2Cl)CCCC1. The van der Waals surface area contributed by atoms with E-state index in [-0.39, 0.29) is 16.0 Å². The highest BCUT2D eigenvalue weighted by Gasteiger charge is 2.35. The fourth-order valence-electron chi connectivity index (χ4n) is 2.47. The Bertz CT molecular complexity index is 418. The molecule has 0 bridgehead atoms. The van der Waals surface area contributed by atoms with Gasteiger partial charge in [0.15, 0.2) is 11.0 Å². The Morgan fingerprint density at radius 3 is 2.50 bits per heavy atom. The van der Waals surface area contributed by atoms with Crippen molar-refractivity contribution in [1.29, 1.82) is 0 Å². The molecule has 18 heavy (non-hydrogen) atoms. The van der Waals surface area contributed by atoms with E-state index < -0.39 is 0 Å². The van der Waals surface area contributed by atoms with Crippen molar-refractivity contribution in [3.05, 3.63) is 10.4 Å². The van der Waals surface area contributed by atoms with Crippen molar-refractivity contribution in [3.8, 4) is 0 Å². The number of halogens is 2. The summed E-state index contributed by atoms with van der Waals surface area (Å²) in [4.78, 5) is 6.33. The minimum atomic E-state index is 0.104. The van der Waals surface area contributed by atoms with E-state index in [1.54, 1.807) is 0 Å². The van der Waals surface area contributed by atoms with Crippen molar-refractivity contribution in [2.24, 2.45) is 0 Å². The van der Waals surface area contributed by atoms with Gasteiger partial charge in [0.2, 0.25) is 5.28 Å². The van der Waals surface area contributed by atoms with Crippen molar-refractivity contribution < 1.29 is 0 Å². The van der Waals surface area contributed by atoms with Gasteiger partial charge in [0, 0.05) is 12.1 Å². The molecule has 7 heteroatoms. The first-order chi connectivity index (χ1) is 8.53. The van der Waals surface area contributed by atoms with Crippen LogP contribution in [0.2, 0.25) is 10.4 Å². The molecule has 0 aliphatic heterocycles. The molecule has 1 aliphatic carbocycles. The molecule has 0 aromatic carbocycles. The lowest BCUT2D eigenvalue weighted by Crippen LogP contribution is -2.47. The quantitative estimate of drug-likeness (QED) is 0.923. The molecule has 0 spiro atoms. The number of hydrogen-bond acceptors (Lipinski definition) is 5. The maximum atomic E-state index is 5.94. The topological polar surface area (TPSA) is 53.9 Å². The highest BCUT2D eigenvalue weighted by molar-refractivity contribution is 6.32. The number of aromatic nitrogens is 3. The second-order valence-electron chi connectivity index (χ2n) is 4.90. The van der Waals surface area contributed by atoms with Gasteiger partial charge >= 0.3 is 0 Å². The molecule has 0 radical (unpaired) electrons. The zero-order chi connectivity index (χ0) is 13.2. The maximum Gasteiger partial charge on any atom is 0.245 e. The molecule has 1 N–H and O–H groups in total. The lowest BCUT2D eigenvalue weighted by Gasteiger charge is -2.36. The van der Waals surface area contributed by atoms with E-state index in [2.05, 4.69) is 39.5 Å². The Balaban J connectivity index is 2.08. The number of hydrogen-bond donors (Lipinski definition) is 1. The van der Waals surface area contributed by atoms with Crippen molar-refractivity contribution in [2.75, 3.05) is 26.0 Å². The summed E-state index contributed by atoms with van der Waals surface area (Å²) in [6.45, 7) is 0.786. The predicted molar refractivity (Wildman–Crippen MR) is 73.2 cm³/mol. The summed E-state index contributed by atoms with van der Waals surface area (Å²) in [5.74, 6) is 0.504. The largest absolute Gasteiger partial charge is 0.365 e. The third-order valence-corrected chi connectivity index (χ3v) is 4.10. The second-order valence-corrected chi connectivity index (χ2v) is 5.60. The summed E-state index contributed by atoms with van der Waals surface area (Å²) < 4.78 is 0. The van der Waals surface area contributed by atoms with Gasteiger partial charge in [-0.1, -0.05) is 24.4 Å². The normalized spacial score (nSPS) is 18.3. The fourth-order valence-corrected chi connectivity index (χ4v) is 2.74. The van der Waals surface area contributed by atoms with Gasteiger partial charge in [-0.3, -0.25) is 0 Å². The summed E-state index contributed by atoms with van der Waals surface area (Å²) in [7, 11) is 4.22. The first-order valence-corrected chi connectivity index (χ1v) is 6.76. The van der Waals surface area contributed by atoms with Gasteiger partial charge in [-0.05, 0) is 38.5 Å². The van der Waals surface area contributed by atoms with Gasteiger partial charge in [0.1, 0.15) is 0 Å². The minimum absolute atomic E-state index is 0.104. The number of rotatable bonds is 4. The monoisotopic (exact) mass is 289 g/mol. The third-order valence-electron chi connectivity index (χ3n) is 3.69. The zero-order valence-electron chi connectivity index (χ0n) is 10.6. The molecule has 0 atom stereocenters. The van der Waals surface area contributed by atoms with E-state index in [1.165, 1.54) is 25.7 Å². The second kappa shape index (κ2) is 5.55. The van der Waals surface area contributed by atoms with Crippen LogP contribution < -0.4 is 5.32 Å². The Morgan fingerprint density at radius 2 is 1.89 bits per heavy atom. The third kappa shape index (κ3) is 2.84. The first kappa shape index (κ1) is 13.8. The Morgan fingerprint density at radius 1 is 1.22 bits per heavy atom. The van der Waals surface area contributed by atoms with Gasteiger partial charge < -0.3 is 10.2 Å². The van der Waals surface area contributed by atoms with E-state index in [4.69, 9.17) is 23.2 Å². The van der Waals surface area contributed by atoms with Crippen LogP contribution in [0.1, 0.15) is 25.7 Å². The minimum Gasteiger partial charge on any atom is -0.365 e. The highest BCUT2D eigenvalue weighted by Crippen LogP contribution is 2.34. The Labute approximate surface area is 117 Å². The van der Waals surface area contributed by atoms with Crippen LogP contribution in [-0.2, 0) is 0 Å². The van der Waals surface area contributed by atoms with Crippen molar-refractivity contribution in [1.82, 2.24) is 20.1 Å². The Hall–Kier alpha value is -0.650. The van der Waals surface area contributed by atoms with Gasteiger partial charge in [-0.15, -0.1) is 10.2 Å². The molecule has 2 rings (SSSR count). The lowest BCUT2D eigenvalue weighted by molar-refractivity contribution is 0.172. The fraction of sp³-hybridized carbons (Fsp3) is 0.727. The highest BCUT2D eigenvalue weighted by atomic mass is 35.5. The molecule has 1 fully saturated rings. The molecule has 0 amide bonds. The van der Waals surface area contributed by atoms with Crippen LogP contribution in [0.3, 0.4) is 0 Å². The molecule has 1 heterocycles. The number of anilines is 1. The number of likely N-dealkylation sites (N-methyl/N-ethyl adjacent to an activating group) is 1. The van der Waals surface area contributed by atoms with Crippen LogP contribution in [0.15, 0.2) is 0 Å². The molecule has 1 saturated carbocycles. The van der Waals surface area contributed by atoms with E-state index in [1.807, 2.05) is 0 Å². The molecule has 0 saturated heterocycles. The maximum absolute atomic E-state index is 5.94. The van der Waals surface area contributed by atoms with E-state index in [0.717, 1.165) is 6.54 Å². The number of nitrogens with one attached hydrogen (secondary N) is 1. The smallest absolute Gasteiger partial charge is 0.245 e. The van der Waals surface area contributed by atoms with Crippen LogP contribution in [0.25, 0.3) is 0 Å². The predicted octanol–water partition coefficient (Wildman–Crippen LogP) is 2.46. The molecule has 5 nitrogen and oxygen atoms in total. The first-order valence-electron chi connectivity index (χ1n) is 6.00. The molecule has 100 valence electrons. The van der Waals surface area contributed by atoms with Crippen LogP contribution in [0, 0.1) is 0 Å². The van der Waals surface area contributed by atoms with E-state index in [9.17, 15) is 0 Å². The van der Waals surface area contributed by atoms with Crippen LogP contribution in [0.4, 0.5) is 5.82 Å². The van der Waals surface area contributed by atoms with Crippen molar-refractivity contribution in [3.63, 3.8) is 0 Å². The van der Waals surface area contributed by atoms with Gasteiger partial charge in [0.05, 0.1) is 0 Å². The Kier molecular flexibility index (Phi) is 4.25. The summed E-state index contributed by atoms with van der Waals surface area (Å²) in [5, 5.41) is 10.9. The lowest BCUT2D eigenvalue weighted by atomic mass is 9.96. The molecule has 0 unspecified atom stereocenters. The molecule has 1 aliphatic rings. The molecule has 1 aromatic heterocycles. The van der Waals surface area contributed by atoms with E-state index >= 15 is 0 Å².